The molecule has 2 aromatic rings. The lowest BCUT2D eigenvalue weighted by atomic mass is 10.1. The number of nitrogens with zero attached hydrogens (tertiary/aromatic N) is 2. The van der Waals surface area contributed by atoms with Crippen molar-refractivity contribution in [1.29, 1.82) is 0 Å². The molecule has 0 saturated heterocycles. The molecule has 1 aliphatic heterocycles. The predicted octanol–water partition coefficient (Wildman–Crippen LogP) is 3.61. The molecule has 1 aliphatic rings. The molecule has 2 nitrogen and oxygen atoms in total. The number of allylic oxidation sites excluding steroid dienone is 1. The Balaban J connectivity index is 2.37. The van der Waals surface area contributed by atoms with Crippen LogP contribution < -0.4 is 0 Å². The monoisotopic (exact) mass is 310 g/mol. The Morgan fingerprint density at radius 3 is 3.00 bits per heavy atom. The maximum absolute atomic E-state index is 4.67. The van der Waals surface area contributed by atoms with Crippen LogP contribution in [0.2, 0.25) is 0 Å². The number of aryl methyl sites for hydroxylation is 1. The normalized spacial score (nSPS) is 18.3. The van der Waals surface area contributed by atoms with Gasteiger partial charge in [0.05, 0.1) is 11.0 Å². The first-order valence-corrected chi connectivity index (χ1v) is 6.41. The SMILES string of the molecule is I/C=C1/CCCc2nc3ccccc3n21. The Bertz CT molecular complexity index is 540. The minimum Gasteiger partial charge on any atom is -0.300 e. The van der Waals surface area contributed by atoms with Gasteiger partial charge in [0.15, 0.2) is 0 Å². The summed E-state index contributed by atoms with van der Waals surface area (Å²) in [5, 5.41) is 0. The maximum Gasteiger partial charge on any atom is 0.114 e. The minimum atomic E-state index is 1.10. The molecular formula is C12H11IN2. The summed E-state index contributed by atoms with van der Waals surface area (Å²) >= 11 is 2.32. The molecule has 0 unspecified atom stereocenters. The van der Waals surface area contributed by atoms with Gasteiger partial charge in [0.25, 0.3) is 0 Å². The molecule has 2 heterocycles. The second-order valence-electron chi connectivity index (χ2n) is 3.81. The molecule has 0 aliphatic carbocycles. The Morgan fingerprint density at radius 1 is 1.27 bits per heavy atom. The van der Waals surface area contributed by atoms with Crippen LogP contribution >= 0.6 is 22.6 Å². The minimum absolute atomic E-state index is 1.10. The van der Waals surface area contributed by atoms with Crippen molar-refractivity contribution in [3.05, 3.63) is 34.2 Å². The molecule has 3 rings (SSSR count). The van der Waals surface area contributed by atoms with Crippen LogP contribution in [-0.4, -0.2) is 9.55 Å². The zero-order valence-electron chi connectivity index (χ0n) is 8.28. The van der Waals surface area contributed by atoms with Gasteiger partial charge >= 0.3 is 0 Å². The summed E-state index contributed by atoms with van der Waals surface area (Å²) in [5.41, 5.74) is 3.74. The number of halogens is 1. The number of hydrogen-bond acceptors (Lipinski definition) is 1. The summed E-state index contributed by atoms with van der Waals surface area (Å²) in [6, 6.07) is 8.37. The number of fused-ring (bicyclic) bond motifs is 3. The van der Waals surface area contributed by atoms with E-state index in [0.717, 1.165) is 18.4 Å². The number of benzene rings is 1. The molecular weight excluding hydrogens is 299 g/mol. The first kappa shape index (κ1) is 9.39. The van der Waals surface area contributed by atoms with Crippen LogP contribution in [0, 0.1) is 0 Å². The van der Waals surface area contributed by atoms with Gasteiger partial charge in [-0.1, -0.05) is 34.7 Å². The lowest BCUT2D eigenvalue weighted by Crippen LogP contribution is -2.08. The quantitative estimate of drug-likeness (QED) is 0.680. The second-order valence-corrected chi connectivity index (χ2v) is 4.43. The molecule has 15 heavy (non-hydrogen) atoms. The van der Waals surface area contributed by atoms with E-state index in [1.807, 2.05) is 0 Å². The van der Waals surface area contributed by atoms with Gasteiger partial charge in [-0.25, -0.2) is 4.98 Å². The summed E-state index contributed by atoms with van der Waals surface area (Å²) < 4.78 is 4.49. The van der Waals surface area contributed by atoms with Crippen molar-refractivity contribution in [2.45, 2.75) is 19.3 Å². The first-order chi connectivity index (χ1) is 7.40. The Labute approximate surface area is 102 Å². The summed E-state index contributed by atoms with van der Waals surface area (Å²) in [5.74, 6) is 1.21. The third-order valence-electron chi connectivity index (χ3n) is 2.88. The van der Waals surface area contributed by atoms with Gasteiger partial charge in [-0.3, -0.25) is 4.57 Å². The van der Waals surface area contributed by atoms with Crippen LogP contribution in [0.4, 0.5) is 0 Å². The van der Waals surface area contributed by atoms with Crippen LogP contribution in [0.25, 0.3) is 16.7 Å². The van der Waals surface area contributed by atoms with Gasteiger partial charge in [-0.15, -0.1) is 0 Å². The third-order valence-corrected chi connectivity index (χ3v) is 3.60. The standard InChI is InChI=1S/C12H11IN2/c13-8-9-4-3-7-12-14-10-5-1-2-6-11(10)15(9)12/h1-2,5-6,8H,3-4,7H2/b9-8-. The van der Waals surface area contributed by atoms with Gasteiger partial charge in [-0.2, -0.15) is 0 Å². The van der Waals surface area contributed by atoms with Crippen LogP contribution in [-0.2, 0) is 6.42 Å². The molecule has 0 atom stereocenters. The first-order valence-electron chi connectivity index (χ1n) is 5.16. The van der Waals surface area contributed by atoms with Gasteiger partial charge in [0, 0.05) is 12.1 Å². The second kappa shape index (κ2) is 3.63. The van der Waals surface area contributed by atoms with Crippen molar-refractivity contribution in [1.82, 2.24) is 9.55 Å². The zero-order valence-corrected chi connectivity index (χ0v) is 10.4. The van der Waals surface area contributed by atoms with E-state index < -0.39 is 0 Å². The highest BCUT2D eigenvalue weighted by Crippen LogP contribution is 2.29. The van der Waals surface area contributed by atoms with Crippen molar-refractivity contribution in [2.75, 3.05) is 0 Å². The molecule has 0 fully saturated rings. The van der Waals surface area contributed by atoms with E-state index in [1.165, 1.54) is 23.5 Å². The molecule has 76 valence electrons. The van der Waals surface area contributed by atoms with E-state index in [9.17, 15) is 0 Å². The summed E-state index contributed by atoms with van der Waals surface area (Å²) in [4.78, 5) is 4.67. The number of imidazole rings is 1. The lowest BCUT2D eigenvalue weighted by Gasteiger charge is -2.17. The van der Waals surface area contributed by atoms with Gasteiger partial charge in [0.2, 0.25) is 0 Å². The Hall–Kier alpha value is -0.840. The average Bonchev–Trinajstić information content (AvgIpc) is 2.67. The van der Waals surface area contributed by atoms with E-state index >= 15 is 0 Å². The van der Waals surface area contributed by atoms with E-state index in [4.69, 9.17) is 0 Å². The smallest absolute Gasteiger partial charge is 0.114 e. The molecule has 0 N–H and O–H groups in total. The fourth-order valence-corrected chi connectivity index (χ4v) is 2.80. The largest absolute Gasteiger partial charge is 0.300 e. The van der Waals surface area contributed by atoms with Crippen LogP contribution in [0.1, 0.15) is 18.7 Å². The van der Waals surface area contributed by atoms with Crippen molar-refractivity contribution < 1.29 is 0 Å². The topological polar surface area (TPSA) is 17.8 Å². The van der Waals surface area contributed by atoms with Crippen molar-refractivity contribution in [2.24, 2.45) is 0 Å². The van der Waals surface area contributed by atoms with Crippen LogP contribution in [0.15, 0.2) is 28.3 Å². The number of rotatable bonds is 0. The Morgan fingerprint density at radius 2 is 2.13 bits per heavy atom. The van der Waals surface area contributed by atoms with Crippen molar-refractivity contribution in [3.8, 4) is 0 Å². The van der Waals surface area contributed by atoms with Crippen molar-refractivity contribution in [3.63, 3.8) is 0 Å². The van der Waals surface area contributed by atoms with Gasteiger partial charge < -0.3 is 0 Å². The van der Waals surface area contributed by atoms with E-state index in [2.05, 4.69) is 60.5 Å². The van der Waals surface area contributed by atoms with E-state index in [-0.39, 0.29) is 0 Å². The molecule has 3 heteroatoms. The molecule has 0 amide bonds. The van der Waals surface area contributed by atoms with Crippen LogP contribution in [0.5, 0.6) is 0 Å². The Kier molecular flexibility index (Phi) is 2.27. The molecule has 0 spiro atoms. The van der Waals surface area contributed by atoms with Crippen molar-refractivity contribution >= 4 is 39.3 Å². The fourth-order valence-electron chi connectivity index (χ4n) is 2.21. The van der Waals surface area contributed by atoms with E-state index in [0.29, 0.717) is 0 Å². The number of hydrogen-bond donors (Lipinski definition) is 0. The summed E-state index contributed by atoms with van der Waals surface area (Å²) in [7, 11) is 0. The zero-order chi connectivity index (χ0) is 10.3. The fraction of sp³-hybridized carbons (Fsp3) is 0.250. The molecule has 1 aromatic heterocycles. The average molecular weight is 310 g/mol. The molecule has 0 radical (unpaired) electrons. The van der Waals surface area contributed by atoms with E-state index in [1.54, 1.807) is 0 Å². The third kappa shape index (κ3) is 1.40. The predicted molar refractivity (Wildman–Crippen MR) is 71.0 cm³/mol. The number of aromatic nitrogens is 2. The van der Waals surface area contributed by atoms with Gasteiger partial charge in [-0.05, 0) is 29.1 Å². The summed E-state index contributed by atoms with van der Waals surface area (Å²) in [6.07, 6.45) is 3.48. The maximum atomic E-state index is 4.67. The molecule has 0 saturated carbocycles. The molecule has 0 bridgehead atoms. The summed E-state index contributed by atoms with van der Waals surface area (Å²) in [6.45, 7) is 0. The molecule has 1 aromatic carbocycles. The van der Waals surface area contributed by atoms with Crippen LogP contribution in [0.3, 0.4) is 0 Å². The lowest BCUT2D eigenvalue weighted by molar-refractivity contribution is 0.716. The number of para-hydroxylation sites is 2. The highest BCUT2D eigenvalue weighted by molar-refractivity contribution is 14.1. The highest BCUT2D eigenvalue weighted by Gasteiger charge is 2.17. The van der Waals surface area contributed by atoms with Gasteiger partial charge in [0.1, 0.15) is 5.82 Å². The highest BCUT2D eigenvalue weighted by atomic mass is 127.